The van der Waals surface area contributed by atoms with E-state index in [-0.39, 0.29) is 16.7 Å². The number of hydrogen-bond donors (Lipinski definition) is 1. The van der Waals surface area contributed by atoms with Gasteiger partial charge in [-0.25, -0.2) is 4.79 Å². The molecule has 3 atom stereocenters. The van der Waals surface area contributed by atoms with Crippen molar-refractivity contribution < 1.29 is 14.3 Å². The lowest BCUT2D eigenvalue weighted by atomic mass is 9.91. The zero-order valence-electron chi connectivity index (χ0n) is 10.9. The zero-order chi connectivity index (χ0) is 13.7. The average Bonchev–Trinajstić information content (AvgIpc) is 2.72. The van der Waals surface area contributed by atoms with E-state index in [2.05, 4.69) is 33.4 Å². The van der Waals surface area contributed by atoms with Crippen LogP contribution >= 0.6 is 15.9 Å². The van der Waals surface area contributed by atoms with Crippen LogP contribution in [0.15, 0.2) is 12.2 Å². The van der Waals surface area contributed by atoms with Crippen molar-refractivity contribution in [3.8, 4) is 0 Å². The van der Waals surface area contributed by atoms with Crippen LogP contribution in [0.25, 0.3) is 0 Å². The van der Waals surface area contributed by atoms with Crippen molar-refractivity contribution in [2.24, 2.45) is 5.92 Å². The van der Waals surface area contributed by atoms with Crippen molar-refractivity contribution in [3.05, 3.63) is 12.2 Å². The molecule has 1 aliphatic carbocycles. The Morgan fingerprint density at radius 2 is 2.37 bits per heavy atom. The third-order valence-electron chi connectivity index (χ3n) is 3.65. The molecular formula is C14H20BrNO3. The lowest BCUT2D eigenvalue weighted by Crippen LogP contribution is -2.42. The predicted molar refractivity (Wildman–Crippen MR) is 75.9 cm³/mol. The van der Waals surface area contributed by atoms with E-state index >= 15 is 0 Å². The molecule has 1 amide bonds. The third-order valence-corrected chi connectivity index (χ3v) is 4.44. The first-order chi connectivity index (χ1) is 9.16. The number of carbonyl (C=O) groups is 2. The number of halogens is 1. The number of alkyl halides is 1. The summed E-state index contributed by atoms with van der Waals surface area (Å²) in [6.45, 7) is 0.330. The number of amides is 1. The van der Waals surface area contributed by atoms with Crippen LogP contribution in [0.3, 0.4) is 0 Å². The summed E-state index contributed by atoms with van der Waals surface area (Å²) in [6.07, 6.45) is 10.6. The molecule has 2 rings (SSSR count). The molecule has 0 radical (unpaired) electrons. The first kappa shape index (κ1) is 14.6. The van der Waals surface area contributed by atoms with E-state index in [9.17, 15) is 9.59 Å². The number of ether oxygens (including phenoxy) is 1. The minimum absolute atomic E-state index is 0.0620. The molecule has 1 aliphatic heterocycles. The summed E-state index contributed by atoms with van der Waals surface area (Å²) in [5, 5.41) is 2.74. The van der Waals surface area contributed by atoms with Gasteiger partial charge in [0, 0.05) is 6.42 Å². The summed E-state index contributed by atoms with van der Waals surface area (Å²) in [7, 11) is 0. The standard InChI is InChI=1S/C14H20BrNO3/c15-11-9-19-14(18)13(11)16-12(17)8-4-7-10-5-2-1-3-6-10/h2,5,10-11,13H,1,3-4,6-9H2,(H,16,17). The SMILES string of the molecule is O=C(CCCC1C=CCCC1)NC1C(=O)OCC1Br. The normalized spacial score (nSPS) is 30.2. The number of nitrogens with one attached hydrogen (secondary N) is 1. The number of esters is 1. The van der Waals surface area contributed by atoms with Gasteiger partial charge in [-0.15, -0.1) is 0 Å². The smallest absolute Gasteiger partial charge is 0.329 e. The van der Waals surface area contributed by atoms with E-state index < -0.39 is 6.04 Å². The van der Waals surface area contributed by atoms with Gasteiger partial charge in [-0.05, 0) is 38.0 Å². The Kier molecular flexibility index (Phi) is 5.43. The summed E-state index contributed by atoms with van der Waals surface area (Å²) in [5.41, 5.74) is 0. The monoisotopic (exact) mass is 329 g/mol. The molecule has 1 N–H and O–H groups in total. The number of allylic oxidation sites excluding steroid dienone is 2. The second-order valence-corrected chi connectivity index (χ2v) is 6.38. The summed E-state index contributed by atoms with van der Waals surface area (Å²) < 4.78 is 4.87. The van der Waals surface area contributed by atoms with E-state index in [0.29, 0.717) is 18.9 Å². The molecular weight excluding hydrogens is 310 g/mol. The molecule has 1 fully saturated rings. The molecule has 0 aromatic rings. The van der Waals surface area contributed by atoms with E-state index in [1.165, 1.54) is 19.3 Å². The van der Waals surface area contributed by atoms with Crippen LogP contribution in [-0.2, 0) is 14.3 Å². The van der Waals surface area contributed by atoms with Crippen molar-refractivity contribution in [2.75, 3.05) is 6.61 Å². The molecule has 0 saturated carbocycles. The lowest BCUT2D eigenvalue weighted by Gasteiger charge is -2.16. The van der Waals surface area contributed by atoms with Gasteiger partial charge < -0.3 is 10.1 Å². The maximum absolute atomic E-state index is 11.8. The molecule has 4 nitrogen and oxygen atoms in total. The topological polar surface area (TPSA) is 55.4 Å². The molecule has 3 unspecified atom stereocenters. The first-order valence-corrected chi connectivity index (χ1v) is 7.85. The molecule has 1 heterocycles. The van der Waals surface area contributed by atoms with E-state index in [1.807, 2.05) is 0 Å². The molecule has 1 saturated heterocycles. The third kappa shape index (κ3) is 4.34. The van der Waals surface area contributed by atoms with Crippen molar-refractivity contribution in [3.63, 3.8) is 0 Å². The number of carbonyl (C=O) groups excluding carboxylic acids is 2. The molecule has 0 aromatic carbocycles. The zero-order valence-corrected chi connectivity index (χ0v) is 12.5. The molecule has 2 aliphatic rings. The van der Waals surface area contributed by atoms with Gasteiger partial charge in [-0.3, -0.25) is 4.79 Å². The molecule has 106 valence electrons. The van der Waals surface area contributed by atoms with Gasteiger partial charge in [-0.2, -0.15) is 0 Å². The maximum Gasteiger partial charge on any atom is 0.329 e. The Morgan fingerprint density at radius 1 is 1.53 bits per heavy atom. The Balaban J connectivity index is 1.65. The highest BCUT2D eigenvalue weighted by molar-refractivity contribution is 9.09. The minimum atomic E-state index is -0.526. The Labute approximate surface area is 122 Å². The number of hydrogen-bond acceptors (Lipinski definition) is 3. The lowest BCUT2D eigenvalue weighted by molar-refractivity contribution is -0.141. The highest BCUT2D eigenvalue weighted by Crippen LogP contribution is 2.22. The average molecular weight is 330 g/mol. The van der Waals surface area contributed by atoms with Crippen molar-refractivity contribution in [1.82, 2.24) is 5.32 Å². The predicted octanol–water partition coefficient (Wildman–Crippen LogP) is 2.32. The van der Waals surface area contributed by atoms with Gasteiger partial charge >= 0.3 is 5.97 Å². The van der Waals surface area contributed by atoms with Crippen molar-refractivity contribution in [2.45, 2.75) is 49.4 Å². The Hall–Kier alpha value is -0.840. The van der Waals surface area contributed by atoms with Gasteiger partial charge in [-0.1, -0.05) is 28.1 Å². The highest BCUT2D eigenvalue weighted by atomic mass is 79.9. The maximum atomic E-state index is 11.8. The largest absolute Gasteiger partial charge is 0.463 e. The van der Waals surface area contributed by atoms with Gasteiger partial charge in [0.1, 0.15) is 12.6 Å². The molecule has 0 bridgehead atoms. The fourth-order valence-corrected chi connectivity index (χ4v) is 3.02. The second-order valence-electron chi connectivity index (χ2n) is 5.20. The molecule has 5 heteroatoms. The summed E-state index contributed by atoms with van der Waals surface area (Å²) in [6, 6.07) is -0.526. The fourth-order valence-electron chi connectivity index (χ4n) is 2.54. The molecule has 0 aromatic heterocycles. The summed E-state index contributed by atoms with van der Waals surface area (Å²) in [4.78, 5) is 23.0. The van der Waals surface area contributed by atoms with E-state index in [4.69, 9.17) is 4.74 Å². The van der Waals surface area contributed by atoms with Gasteiger partial charge in [0.15, 0.2) is 0 Å². The fraction of sp³-hybridized carbons (Fsp3) is 0.714. The molecule has 19 heavy (non-hydrogen) atoms. The van der Waals surface area contributed by atoms with Crippen LogP contribution in [0.4, 0.5) is 0 Å². The van der Waals surface area contributed by atoms with Crippen LogP contribution in [0.5, 0.6) is 0 Å². The Bertz CT molecular complexity index is 370. The van der Waals surface area contributed by atoms with Crippen molar-refractivity contribution >= 4 is 27.8 Å². The van der Waals surface area contributed by atoms with Crippen molar-refractivity contribution in [1.29, 1.82) is 0 Å². The quantitative estimate of drug-likeness (QED) is 0.478. The first-order valence-electron chi connectivity index (χ1n) is 6.93. The van der Waals surface area contributed by atoms with Gasteiger partial charge in [0.2, 0.25) is 5.91 Å². The summed E-state index contributed by atoms with van der Waals surface area (Å²) >= 11 is 3.33. The highest BCUT2D eigenvalue weighted by Gasteiger charge is 2.36. The van der Waals surface area contributed by atoms with Gasteiger partial charge in [0.25, 0.3) is 0 Å². The van der Waals surface area contributed by atoms with E-state index in [0.717, 1.165) is 12.8 Å². The van der Waals surface area contributed by atoms with E-state index in [1.54, 1.807) is 0 Å². The Morgan fingerprint density at radius 3 is 3.00 bits per heavy atom. The number of cyclic esters (lactones) is 1. The number of rotatable bonds is 5. The van der Waals surface area contributed by atoms with Crippen LogP contribution in [-0.4, -0.2) is 29.4 Å². The minimum Gasteiger partial charge on any atom is -0.463 e. The van der Waals surface area contributed by atoms with Crippen LogP contribution in [0.2, 0.25) is 0 Å². The second kappa shape index (κ2) is 7.08. The molecule has 0 spiro atoms. The van der Waals surface area contributed by atoms with Crippen LogP contribution < -0.4 is 5.32 Å². The van der Waals surface area contributed by atoms with Gasteiger partial charge in [0.05, 0.1) is 4.83 Å². The van der Waals surface area contributed by atoms with Crippen LogP contribution in [0, 0.1) is 5.92 Å². The summed E-state index contributed by atoms with van der Waals surface area (Å²) in [5.74, 6) is 0.223. The van der Waals surface area contributed by atoms with Crippen LogP contribution in [0.1, 0.15) is 38.5 Å².